The van der Waals surface area contributed by atoms with Crippen molar-refractivity contribution in [2.75, 3.05) is 13.1 Å². The van der Waals surface area contributed by atoms with Crippen molar-refractivity contribution in [1.82, 2.24) is 24.4 Å². The molecule has 1 atom stereocenters. The second kappa shape index (κ2) is 8.64. The van der Waals surface area contributed by atoms with Crippen LogP contribution in [0.5, 0.6) is 0 Å². The second-order valence-corrected chi connectivity index (χ2v) is 9.30. The molecule has 0 aliphatic carbocycles. The van der Waals surface area contributed by atoms with Crippen LogP contribution in [0.25, 0.3) is 11.0 Å². The summed E-state index contributed by atoms with van der Waals surface area (Å²) in [5, 5.41) is 5.74. The number of pyridine rings is 1. The summed E-state index contributed by atoms with van der Waals surface area (Å²) < 4.78 is 28.2. The molecule has 0 spiro atoms. The highest BCUT2D eigenvalue weighted by Gasteiger charge is 2.23. The van der Waals surface area contributed by atoms with Gasteiger partial charge >= 0.3 is 0 Å². The lowest BCUT2D eigenvalue weighted by Gasteiger charge is -2.19. The van der Waals surface area contributed by atoms with Crippen LogP contribution >= 0.6 is 0 Å². The Labute approximate surface area is 181 Å². The predicted octanol–water partition coefficient (Wildman–Crippen LogP) is 2.09. The van der Waals surface area contributed by atoms with E-state index in [0.717, 1.165) is 5.56 Å². The average Bonchev–Trinajstić information content (AvgIpc) is 3.01. The lowest BCUT2D eigenvalue weighted by molar-refractivity contribution is 0.0941. The Bertz CT molecular complexity index is 1270. The Balaban J connectivity index is 1.86. The average molecular weight is 446 g/mol. The number of sulfonamides is 1. The monoisotopic (exact) mass is 445 g/mol. The molecule has 1 unspecified atom stereocenters. The highest BCUT2D eigenvalue weighted by molar-refractivity contribution is 7.89. The van der Waals surface area contributed by atoms with Gasteiger partial charge in [0.05, 0.1) is 21.9 Å². The van der Waals surface area contributed by atoms with Crippen LogP contribution in [0.2, 0.25) is 0 Å². The standard InChI is InChI=1S/C21H27N5O4S/c1-6-26(7-2)31(29,30)16-10-8-15(9-11-16)14(4)23-20(27)17-12-13(3)22-19-18(17)21(28)24-25(19)5/h8-12,14H,6-7H2,1-5H3,(H,23,27)(H,24,28). The van der Waals surface area contributed by atoms with Crippen molar-refractivity contribution in [3.8, 4) is 0 Å². The quantitative estimate of drug-likeness (QED) is 0.577. The molecule has 0 saturated carbocycles. The molecule has 31 heavy (non-hydrogen) atoms. The third kappa shape index (κ3) is 4.26. The Morgan fingerprint density at radius 1 is 1.23 bits per heavy atom. The maximum absolute atomic E-state index is 12.9. The number of aryl methyl sites for hydroxylation is 2. The van der Waals surface area contributed by atoms with Crippen LogP contribution in [0.1, 0.15) is 48.4 Å². The molecule has 166 valence electrons. The normalized spacial score (nSPS) is 13.0. The molecule has 1 aromatic carbocycles. The van der Waals surface area contributed by atoms with Crippen molar-refractivity contribution in [3.05, 3.63) is 57.5 Å². The number of carbonyl (C=O) groups is 1. The molecule has 1 amide bonds. The fourth-order valence-electron chi connectivity index (χ4n) is 3.56. The molecule has 0 fully saturated rings. The van der Waals surface area contributed by atoms with Crippen molar-refractivity contribution in [3.63, 3.8) is 0 Å². The molecule has 0 aliphatic rings. The summed E-state index contributed by atoms with van der Waals surface area (Å²) in [7, 11) is -1.88. The molecule has 2 heterocycles. The maximum Gasteiger partial charge on any atom is 0.274 e. The molecule has 3 aromatic rings. The highest BCUT2D eigenvalue weighted by atomic mass is 32.2. The molecule has 10 heteroatoms. The number of amides is 1. The molecular weight excluding hydrogens is 418 g/mol. The zero-order chi connectivity index (χ0) is 22.9. The summed E-state index contributed by atoms with van der Waals surface area (Å²) in [6, 6.07) is 7.64. The van der Waals surface area contributed by atoms with E-state index in [1.165, 1.54) is 8.99 Å². The van der Waals surface area contributed by atoms with E-state index in [-0.39, 0.29) is 21.4 Å². The van der Waals surface area contributed by atoms with Crippen LogP contribution in [-0.2, 0) is 17.1 Å². The number of aromatic nitrogens is 3. The number of hydrogen-bond acceptors (Lipinski definition) is 5. The van der Waals surface area contributed by atoms with E-state index < -0.39 is 22.0 Å². The van der Waals surface area contributed by atoms with E-state index in [4.69, 9.17) is 0 Å². The first-order chi connectivity index (χ1) is 14.6. The maximum atomic E-state index is 12.9. The summed E-state index contributed by atoms with van der Waals surface area (Å²) in [5.74, 6) is -0.403. The number of aromatic amines is 1. The summed E-state index contributed by atoms with van der Waals surface area (Å²) in [4.78, 5) is 29.8. The zero-order valence-corrected chi connectivity index (χ0v) is 19.1. The van der Waals surface area contributed by atoms with E-state index >= 15 is 0 Å². The number of carbonyl (C=O) groups excluding carboxylic acids is 1. The van der Waals surface area contributed by atoms with Gasteiger partial charge in [0.1, 0.15) is 0 Å². The van der Waals surface area contributed by atoms with Crippen LogP contribution in [0.4, 0.5) is 0 Å². The van der Waals surface area contributed by atoms with Gasteiger partial charge in [-0.2, -0.15) is 4.31 Å². The Morgan fingerprint density at radius 2 is 1.84 bits per heavy atom. The summed E-state index contributed by atoms with van der Waals surface area (Å²) in [6.45, 7) is 7.93. The Morgan fingerprint density at radius 3 is 2.42 bits per heavy atom. The minimum Gasteiger partial charge on any atom is -0.345 e. The smallest absolute Gasteiger partial charge is 0.274 e. The van der Waals surface area contributed by atoms with Crippen molar-refractivity contribution in [1.29, 1.82) is 0 Å². The fraction of sp³-hybridized carbons (Fsp3) is 0.381. The van der Waals surface area contributed by atoms with Gasteiger partial charge in [0.25, 0.3) is 11.5 Å². The SMILES string of the molecule is CCN(CC)S(=O)(=O)c1ccc(C(C)NC(=O)c2cc(C)nc3c2c(=O)[nH]n3C)cc1. The van der Waals surface area contributed by atoms with Gasteiger partial charge in [0.2, 0.25) is 10.0 Å². The third-order valence-electron chi connectivity index (χ3n) is 5.26. The molecule has 2 N–H and O–H groups in total. The van der Waals surface area contributed by atoms with Gasteiger partial charge in [-0.25, -0.2) is 13.4 Å². The van der Waals surface area contributed by atoms with Crippen molar-refractivity contribution < 1.29 is 13.2 Å². The second-order valence-electron chi connectivity index (χ2n) is 7.36. The number of nitrogens with one attached hydrogen (secondary N) is 2. The number of H-pyrrole nitrogens is 1. The van der Waals surface area contributed by atoms with Crippen molar-refractivity contribution in [2.45, 2.75) is 38.6 Å². The van der Waals surface area contributed by atoms with Crippen LogP contribution in [0.15, 0.2) is 40.0 Å². The lowest BCUT2D eigenvalue weighted by atomic mass is 10.1. The first kappa shape index (κ1) is 22.7. The van der Waals surface area contributed by atoms with Gasteiger partial charge in [-0.15, -0.1) is 0 Å². The summed E-state index contributed by atoms with van der Waals surface area (Å²) >= 11 is 0. The zero-order valence-electron chi connectivity index (χ0n) is 18.3. The fourth-order valence-corrected chi connectivity index (χ4v) is 5.02. The molecule has 9 nitrogen and oxygen atoms in total. The first-order valence-corrected chi connectivity index (χ1v) is 11.5. The van der Waals surface area contributed by atoms with Gasteiger partial charge < -0.3 is 5.32 Å². The van der Waals surface area contributed by atoms with E-state index in [0.29, 0.717) is 24.4 Å². The predicted molar refractivity (Wildman–Crippen MR) is 119 cm³/mol. The minimum absolute atomic E-state index is 0.209. The molecule has 2 aromatic heterocycles. The highest BCUT2D eigenvalue weighted by Crippen LogP contribution is 2.21. The van der Waals surface area contributed by atoms with Gasteiger partial charge in [-0.1, -0.05) is 26.0 Å². The topological polar surface area (TPSA) is 117 Å². The summed E-state index contributed by atoms with van der Waals surface area (Å²) in [6.07, 6.45) is 0. The molecule has 0 bridgehead atoms. The van der Waals surface area contributed by atoms with Crippen molar-refractivity contribution >= 4 is 27.0 Å². The first-order valence-electron chi connectivity index (χ1n) is 10.1. The Hall–Kier alpha value is -2.98. The number of benzene rings is 1. The largest absolute Gasteiger partial charge is 0.345 e. The molecule has 0 aliphatic heterocycles. The van der Waals surface area contributed by atoms with Gasteiger partial charge in [-0.05, 0) is 37.6 Å². The molecular formula is C21H27N5O4S. The van der Waals surface area contributed by atoms with Gasteiger partial charge in [0, 0.05) is 25.8 Å². The van der Waals surface area contributed by atoms with Crippen molar-refractivity contribution in [2.24, 2.45) is 7.05 Å². The van der Waals surface area contributed by atoms with Gasteiger partial charge in [0.15, 0.2) is 5.65 Å². The number of fused-ring (bicyclic) bond motifs is 1. The third-order valence-corrected chi connectivity index (χ3v) is 7.32. The lowest BCUT2D eigenvalue weighted by Crippen LogP contribution is -2.30. The number of hydrogen-bond donors (Lipinski definition) is 2. The van der Waals surface area contributed by atoms with Crippen LogP contribution in [0, 0.1) is 6.92 Å². The molecule has 3 rings (SSSR count). The number of nitrogens with zero attached hydrogens (tertiary/aromatic N) is 3. The van der Waals surface area contributed by atoms with E-state index in [2.05, 4.69) is 15.4 Å². The molecule has 0 radical (unpaired) electrons. The Kier molecular flexibility index (Phi) is 6.33. The van der Waals surface area contributed by atoms with Crippen LogP contribution in [-0.4, -0.2) is 46.5 Å². The number of rotatable bonds is 7. The van der Waals surface area contributed by atoms with E-state index in [9.17, 15) is 18.0 Å². The van der Waals surface area contributed by atoms with E-state index in [1.807, 2.05) is 0 Å². The summed E-state index contributed by atoms with van der Waals surface area (Å²) in [5.41, 5.74) is 1.64. The van der Waals surface area contributed by atoms with Gasteiger partial charge in [-0.3, -0.25) is 19.4 Å². The van der Waals surface area contributed by atoms with Crippen LogP contribution in [0.3, 0.4) is 0 Å². The van der Waals surface area contributed by atoms with E-state index in [1.54, 1.807) is 65.1 Å². The minimum atomic E-state index is -3.54. The molecule has 0 saturated heterocycles. The van der Waals surface area contributed by atoms with Crippen LogP contribution < -0.4 is 10.9 Å².